The van der Waals surface area contributed by atoms with E-state index in [9.17, 15) is 9.59 Å². The van der Waals surface area contributed by atoms with Crippen molar-refractivity contribution >= 4 is 11.9 Å². The zero-order valence-electron chi connectivity index (χ0n) is 15.4. The highest BCUT2D eigenvalue weighted by Gasteiger charge is 2.12. The van der Waals surface area contributed by atoms with Crippen LogP contribution < -0.4 is 10.1 Å². The van der Waals surface area contributed by atoms with Gasteiger partial charge in [-0.2, -0.15) is 0 Å². The number of ether oxygens (including phenoxy) is 2. The minimum atomic E-state index is -0.583. The van der Waals surface area contributed by atoms with Gasteiger partial charge in [0, 0.05) is 0 Å². The van der Waals surface area contributed by atoms with Crippen LogP contribution in [0.2, 0.25) is 0 Å². The Morgan fingerprint density at radius 1 is 0.885 bits per heavy atom. The molecule has 0 aromatic heterocycles. The van der Waals surface area contributed by atoms with Crippen LogP contribution in [0.15, 0.2) is 54.6 Å². The predicted molar refractivity (Wildman–Crippen MR) is 100.0 cm³/mol. The Morgan fingerprint density at radius 3 is 2.15 bits per heavy atom. The van der Waals surface area contributed by atoms with Gasteiger partial charge in [0.05, 0.1) is 6.04 Å². The lowest BCUT2D eigenvalue weighted by atomic mass is 10.0. The van der Waals surface area contributed by atoms with E-state index in [2.05, 4.69) is 19.2 Å². The predicted octanol–water partition coefficient (Wildman–Crippen LogP) is 3.61. The summed E-state index contributed by atoms with van der Waals surface area (Å²) in [6.07, 6.45) is 0. The summed E-state index contributed by atoms with van der Waals surface area (Å²) in [6.45, 7) is 5.53. The average molecular weight is 355 g/mol. The van der Waals surface area contributed by atoms with Crippen molar-refractivity contribution in [1.29, 1.82) is 0 Å². The fourth-order valence-corrected chi connectivity index (χ4v) is 2.39. The summed E-state index contributed by atoms with van der Waals surface area (Å²) in [4.78, 5) is 23.6. The first-order chi connectivity index (χ1) is 12.5. The summed E-state index contributed by atoms with van der Waals surface area (Å²) in [7, 11) is 0. The molecule has 0 heterocycles. The molecule has 138 valence electrons. The van der Waals surface area contributed by atoms with E-state index in [-0.39, 0.29) is 25.2 Å². The third-order valence-electron chi connectivity index (χ3n) is 3.94. The molecule has 0 fully saturated rings. The maximum absolute atomic E-state index is 11.9. The number of rotatable bonds is 8. The van der Waals surface area contributed by atoms with E-state index in [1.807, 2.05) is 61.5 Å². The molecule has 2 aromatic carbocycles. The van der Waals surface area contributed by atoms with E-state index in [4.69, 9.17) is 9.47 Å². The summed E-state index contributed by atoms with van der Waals surface area (Å²) in [5.41, 5.74) is 2.18. The minimum absolute atomic E-state index is 0.155. The van der Waals surface area contributed by atoms with Crippen LogP contribution in [-0.4, -0.2) is 25.1 Å². The van der Waals surface area contributed by atoms with Crippen LogP contribution in [0.25, 0.3) is 0 Å². The van der Waals surface area contributed by atoms with Crippen molar-refractivity contribution in [3.63, 3.8) is 0 Å². The molecule has 2 aromatic rings. The van der Waals surface area contributed by atoms with Crippen LogP contribution in [-0.2, 0) is 14.3 Å². The summed E-state index contributed by atoms with van der Waals surface area (Å²) in [6, 6.07) is 17.0. The van der Waals surface area contributed by atoms with E-state index < -0.39 is 5.97 Å². The van der Waals surface area contributed by atoms with Crippen molar-refractivity contribution in [2.75, 3.05) is 13.2 Å². The Kier molecular flexibility index (Phi) is 7.21. The lowest BCUT2D eigenvalue weighted by molar-refractivity contribution is -0.150. The average Bonchev–Trinajstić information content (AvgIpc) is 2.65. The van der Waals surface area contributed by atoms with Gasteiger partial charge in [0.2, 0.25) is 0 Å². The number of carbonyl (C=O) groups excluding carboxylic acids is 2. The van der Waals surface area contributed by atoms with Gasteiger partial charge in [-0.25, -0.2) is 4.79 Å². The third kappa shape index (κ3) is 6.24. The molecule has 0 aliphatic heterocycles. The Hall–Kier alpha value is -2.82. The van der Waals surface area contributed by atoms with Crippen LogP contribution in [0.1, 0.15) is 43.9 Å². The molecule has 0 radical (unpaired) electrons. The monoisotopic (exact) mass is 355 g/mol. The first-order valence-corrected chi connectivity index (χ1v) is 8.68. The molecule has 26 heavy (non-hydrogen) atoms. The smallest absolute Gasteiger partial charge is 0.344 e. The second-order valence-electron chi connectivity index (χ2n) is 6.37. The van der Waals surface area contributed by atoms with Crippen molar-refractivity contribution < 1.29 is 19.1 Å². The second-order valence-corrected chi connectivity index (χ2v) is 6.37. The van der Waals surface area contributed by atoms with Crippen LogP contribution in [0.4, 0.5) is 0 Å². The van der Waals surface area contributed by atoms with Crippen LogP contribution in [0, 0.1) is 0 Å². The number of benzene rings is 2. The van der Waals surface area contributed by atoms with E-state index in [1.165, 1.54) is 5.56 Å². The number of hydrogen-bond acceptors (Lipinski definition) is 4. The Morgan fingerprint density at radius 2 is 1.54 bits per heavy atom. The highest BCUT2D eigenvalue weighted by molar-refractivity contribution is 5.81. The van der Waals surface area contributed by atoms with E-state index in [0.29, 0.717) is 11.7 Å². The Bertz CT molecular complexity index is 711. The topological polar surface area (TPSA) is 64.6 Å². The van der Waals surface area contributed by atoms with Crippen LogP contribution >= 0.6 is 0 Å². The molecular formula is C21H25NO4. The standard InChI is InChI=1S/C21H25NO4/c1-15(2)17-9-11-19(12-10-17)25-14-21(24)26-13-20(23)22-16(3)18-7-5-4-6-8-18/h4-12,15-16H,13-14H2,1-3H3,(H,22,23)/t16-/m0/s1. The van der Waals surface area contributed by atoms with Gasteiger partial charge in [0.15, 0.2) is 13.2 Å². The zero-order valence-corrected chi connectivity index (χ0v) is 15.4. The molecule has 0 saturated carbocycles. The fourth-order valence-electron chi connectivity index (χ4n) is 2.39. The third-order valence-corrected chi connectivity index (χ3v) is 3.94. The normalized spacial score (nSPS) is 11.7. The first kappa shape index (κ1) is 19.5. The molecule has 0 unspecified atom stereocenters. The lowest BCUT2D eigenvalue weighted by Gasteiger charge is -2.14. The van der Waals surface area contributed by atoms with Crippen molar-refractivity contribution in [2.24, 2.45) is 0 Å². The molecule has 5 nitrogen and oxygen atoms in total. The molecular weight excluding hydrogens is 330 g/mol. The van der Waals surface area contributed by atoms with Crippen LogP contribution in [0.5, 0.6) is 5.75 Å². The Balaban J connectivity index is 1.70. The number of amides is 1. The van der Waals surface area contributed by atoms with Crippen molar-refractivity contribution in [2.45, 2.75) is 32.7 Å². The Labute approximate surface area is 154 Å². The molecule has 1 N–H and O–H groups in total. The zero-order chi connectivity index (χ0) is 18.9. The molecule has 0 spiro atoms. The molecule has 0 bridgehead atoms. The highest BCUT2D eigenvalue weighted by Crippen LogP contribution is 2.18. The fraction of sp³-hybridized carbons (Fsp3) is 0.333. The summed E-state index contributed by atoms with van der Waals surface area (Å²) in [5.74, 6) is 0.0933. The maximum Gasteiger partial charge on any atom is 0.344 e. The molecule has 0 saturated heterocycles. The molecule has 1 amide bonds. The number of carbonyl (C=O) groups is 2. The van der Waals surface area contributed by atoms with Gasteiger partial charge in [0.25, 0.3) is 5.91 Å². The van der Waals surface area contributed by atoms with Gasteiger partial charge >= 0.3 is 5.97 Å². The number of nitrogens with one attached hydrogen (secondary N) is 1. The SMILES string of the molecule is CC(C)c1ccc(OCC(=O)OCC(=O)N[C@@H](C)c2ccccc2)cc1. The summed E-state index contributed by atoms with van der Waals surface area (Å²) < 4.78 is 10.3. The van der Waals surface area contributed by atoms with Gasteiger partial charge in [0.1, 0.15) is 5.75 Å². The van der Waals surface area contributed by atoms with Crippen molar-refractivity contribution in [1.82, 2.24) is 5.32 Å². The second kappa shape index (κ2) is 9.61. The molecule has 0 aliphatic rings. The number of hydrogen-bond donors (Lipinski definition) is 1. The first-order valence-electron chi connectivity index (χ1n) is 8.68. The maximum atomic E-state index is 11.9. The van der Waals surface area contributed by atoms with Gasteiger partial charge < -0.3 is 14.8 Å². The largest absolute Gasteiger partial charge is 0.482 e. The van der Waals surface area contributed by atoms with Gasteiger partial charge in [-0.3, -0.25) is 4.79 Å². The van der Waals surface area contributed by atoms with E-state index in [0.717, 1.165) is 5.56 Å². The molecule has 0 aliphatic carbocycles. The lowest BCUT2D eigenvalue weighted by Crippen LogP contribution is -2.31. The van der Waals surface area contributed by atoms with E-state index in [1.54, 1.807) is 0 Å². The molecule has 1 atom stereocenters. The van der Waals surface area contributed by atoms with Crippen molar-refractivity contribution in [3.05, 3.63) is 65.7 Å². The number of esters is 1. The summed E-state index contributed by atoms with van der Waals surface area (Å²) in [5, 5.41) is 2.79. The van der Waals surface area contributed by atoms with Gasteiger partial charge in [-0.1, -0.05) is 56.3 Å². The quantitative estimate of drug-likeness (QED) is 0.735. The van der Waals surface area contributed by atoms with Gasteiger partial charge in [-0.05, 0) is 36.1 Å². The molecule has 5 heteroatoms. The van der Waals surface area contributed by atoms with Gasteiger partial charge in [-0.15, -0.1) is 0 Å². The van der Waals surface area contributed by atoms with Crippen LogP contribution in [0.3, 0.4) is 0 Å². The summed E-state index contributed by atoms with van der Waals surface area (Å²) >= 11 is 0. The van der Waals surface area contributed by atoms with Crippen molar-refractivity contribution in [3.8, 4) is 5.75 Å². The molecule has 2 rings (SSSR count). The highest BCUT2D eigenvalue weighted by atomic mass is 16.6. The minimum Gasteiger partial charge on any atom is -0.482 e. The van der Waals surface area contributed by atoms with E-state index >= 15 is 0 Å².